The molecule has 0 atom stereocenters. The largest absolute Gasteiger partial charge is 0.397 e. The fourth-order valence-electron chi connectivity index (χ4n) is 5.34. The molecule has 1 aliphatic carbocycles. The van der Waals surface area contributed by atoms with Gasteiger partial charge in [-0.15, -0.1) is 0 Å². The average molecular weight is 593 g/mol. The fourth-order valence-corrected chi connectivity index (χ4v) is 5.47. The van der Waals surface area contributed by atoms with Gasteiger partial charge in [0.15, 0.2) is 0 Å². The summed E-state index contributed by atoms with van der Waals surface area (Å²) in [5.41, 5.74) is 5.23. The third-order valence-corrected chi connectivity index (χ3v) is 7.48. The van der Waals surface area contributed by atoms with Crippen LogP contribution in [0.5, 0.6) is 0 Å². The highest BCUT2D eigenvalue weighted by atomic mass is 35.5. The summed E-state index contributed by atoms with van der Waals surface area (Å²) in [7, 11) is -3.67. The zero-order valence-corrected chi connectivity index (χ0v) is 25.1. The molecule has 0 bridgehead atoms. The first-order valence-electron chi connectivity index (χ1n) is 13.7. The summed E-state index contributed by atoms with van der Waals surface area (Å²) >= 11 is 6.12. The number of benzene rings is 1. The van der Waals surface area contributed by atoms with Gasteiger partial charge in [0.2, 0.25) is 0 Å². The van der Waals surface area contributed by atoms with Crippen molar-refractivity contribution in [3.63, 3.8) is 0 Å². The van der Waals surface area contributed by atoms with Crippen LogP contribution in [0.15, 0.2) is 42.9 Å². The first kappa shape index (κ1) is 32.1. The maximum Gasteiger partial charge on any atom is 0.261 e. The van der Waals surface area contributed by atoms with Crippen LogP contribution in [0.2, 0.25) is 5.02 Å². The van der Waals surface area contributed by atoms with Gasteiger partial charge in [0.1, 0.15) is 12.0 Å². The number of aliphatic hydroxyl groups excluding tert-OH is 1. The molecule has 0 spiro atoms. The van der Waals surface area contributed by atoms with E-state index in [0.29, 0.717) is 18.2 Å². The fraction of sp³-hybridized carbons (Fsp3) is 0.536. The second kappa shape index (κ2) is 15.6. The number of likely N-dealkylation sites (N-methyl/N-ethyl adjacent to an activating group) is 1. The van der Waals surface area contributed by atoms with Crippen molar-refractivity contribution in [1.82, 2.24) is 30.0 Å². The third kappa shape index (κ3) is 9.60. The molecule has 10 nitrogen and oxygen atoms in total. The van der Waals surface area contributed by atoms with Crippen LogP contribution in [-0.4, -0.2) is 99.7 Å². The standard InChI is InChI=1S/C25H31ClN6.C2H6O.CH4O3S/c1-2-31-13-15-32(16-14-31)21-9-5-19(6-10-21)25-23(22-11-12-27-17-28-22)24(29-30-25)18-3-7-20(26)8-4-18;1-2-3;1-5(2,3)4/h3-4,7-8,11-12,17,19,21H,2,5-6,9-10,13-16H2,1H3,(H,29,30);3H,2H2,1H3;1H3,(H,2,3,4). The summed E-state index contributed by atoms with van der Waals surface area (Å²) in [5.74, 6) is 0.474. The van der Waals surface area contributed by atoms with Crippen LogP contribution in [0.4, 0.5) is 0 Å². The first-order chi connectivity index (χ1) is 19.1. The Kier molecular flexibility index (Phi) is 12.5. The van der Waals surface area contributed by atoms with Crippen molar-refractivity contribution in [2.75, 3.05) is 45.6 Å². The van der Waals surface area contributed by atoms with Crippen molar-refractivity contribution < 1.29 is 18.1 Å². The Hall–Kier alpha value is -2.41. The van der Waals surface area contributed by atoms with Crippen molar-refractivity contribution in [2.45, 2.75) is 51.5 Å². The van der Waals surface area contributed by atoms with Crippen LogP contribution in [-0.2, 0) is 10.1 Å². The van der Waals surface area contributed by atoms with Crippen LogP contribution in [0, 0.1) is 0 Å². The molecular formula is C28H41ClN6O4S. The van der Waals surface area contributed by atoms with Gasteiger partial charge in [-0.25, -0.2) is 9.97 Å². The average Bonchev–Trinajstić information content (AvgIpc) is 3.39. The van der Waals surface area contributed by atoms with E-state index in [1.807, 2.05) is 30.3 Å². The van der Waals surface area contributed by atoms with Crippen LogP contribution in [0.3, 0.4) is 0 Å². The highest BCUT2D eigenvalue weighted by Crippen LogP contribution is 2.41. The lowest BCUT2D eigenvalue weighted by Gasteiger charge is -2.41. The molecule has 5 rings (SSSR count). The number of nitrogens with zero attached hydrogens (tertiary/aromatic N) is 5. The molecule has 3 heterocycles. The first-order valence-corrected chi connectivity index (χ1v) is 16.0. The van der Waals surface area contributed by atoms with Gasteiger partial charge in [-0.2, -0.15) is 13.5 Å². The normalized spacial score (nSPS) is 20.1. The van der Waals surface area contributed by atoms with E-state index in [1.54, 1.807) is 19.4 Å². The molecule has 40 heavy (non-hydrogen) atoms. The Labute approximate surface area is 242 Å². The lowest BCUT2D eigenvalue weighted by Crippen LogP contribution is -2.50. The van der Waals surface area contributed by atoms with Crippen molar-refractivity contribution in [3.8, 4) is 22.5 Å². The molecule has 1 aliphatic heterocycles. The predicted molar refractivity (Wildman–Crippen MR) is 159 cm³/mol. The quantitative estimate of drug-likeness (QED) is 0.369. The molecule has 3 N–H and O–H groups in total. The number of aliphatic hydroxyl groups is 1. The number of halogens is 1. The van der Waals surface area contributed by atoms with Crippen LogP contribution in [0.25, 0.3) is 22.5 Å². The molecule has 2 aromatic heterocycles. The Bertz CT molecular complexity index is 1250. The van der Waals surface area contributed by atoms with Gasteiger partial charge >= 0.3 is 0 Å². The van der Waals surface area contributed by atoms with Crippen LogP contribution >= 0.6 is 11.6 Å². The van der Waals surface area contributed by atoms with E-state index in [2.05, 4.69) is 31.8 Å². The Morgan fingerprint density at radius 2 is 1.62 bits per heavy atom. The summed E-state index contributed by atoms with van der Waals surface area (Å²) < 4.78 is 25.9. The van der Waals surface area contributed by atoms with Crippen molar-refractivity contribution in [3.05, 3.63) is 53.6 Å². The van der Waals surface area contributed by atoms with E-state index in [1.165, 1.54) is 64.1 Å². The van der Waals surface area contributed by atoms with Crippen LogP contribution < -0.4 is 0 Å². The lowest BCUT2D eigenvalue weighted by molar-refractivity contribution is 0.0785. The molecule has 1 aromatic carbocycles. The van der Waals surface area contributed by atoms with Crippen molar-refractivity contribution >= 4 is 21.7 Å². The Balaban J connectivity index is 0.000000490. The minimum Gasteiger partial charge on any atom is -0.397 e. The molecular weight excluding hydrogens is 552 g/mol. The zero-order valence-electron chi connectivity index (χ0n) is 23.5. The number of piperazine rings is 1. The van der Waals surface area contributed by atoms with E-state index in [-0.39, 0.29) is 6.61 Å². The van der Waals surface area contributed by atoms with Gasteiger partial charge in [-0.3, -0.25) is 14.6 Å². The number of nitrogens with one attached hydrogen (secondary N) is 1. The molecule has 0 amide bonds. The summed E-state index contributed by atoms with van der Waals surface area (Å²) in [6.45, 7) is 10.2. The molecule has 2 aliphatic rings. The lowest BCUT2D eigenvalue weighted by atomic mass is 9.81. The zero-order chi connectivity index (χ0) is 29.1. The smallest absolute Gasteiger partial charge is 0.261 e. The van der Waals surface area contributed by atoms with Crippen LogP contribution in [0.1, 0.15) is 51.1 Å². The maximum absolute atomic E-state index is 9.19. The SMILES string of the molecule is CCN1CCN(C2CCC(c3[nH]nc(-c4ccc(Cl)cc4)c3-c3ccncn3)CC2)CC1.CCO.CS(=O)(=O)O. The topological polar surface area (TPSA) is 136 Å². The minimum absolute atomic E-state index is 0.250. The van der Waals surface area contributed by atoms with Gasteiger partial charge in [-0.05, 0) is 57.4 Å². The molecule has 0 radical (unpaired) electrons. The molecule has 0 unspecified atom stereocenters. The van der Waals surface area contributed by atoms with Gasteiger partial charge in [-0.1, -0.05) is 30.7 Å². The van der Waals surface area contributed by atoms with E-state index in [0.717, 1.165) is 27.5 Å². The number of aromatic amines is 1. The molecule has 3 aromatic rings. The predicted octanol–water partition coefficient (Wildman–Crippen LogP) is 4.35. The van der Waals surface area contributed by atoms with Gasteiger partial charge in [0.25, 0.3) is 10.1 Å². The highest BCUT2D eigenvalue weighted by molar-refractivity contribution is 7.85. The summed E-state index contributed by atoms with van der Waals surface area (Å²) in [5, 5.41) is 16.4. The third-order valence-electron chi connectivity index (χ3n) is 7.23. The van der Waals surface area contributed by atoms with Crippen molar-refractivity contribution in [1.29, 1.82) is 0 Å². The number of rotatable bonds is 5. The Morgan fingerprint density at radius 3 is 2.15 bits per heavy atom. The van der Waals surface area contributed by atoms with Gasteiger partial charge in [0, 0.05) is 72.8 Å². The monoisotopic (exact) mass is 592 g/mol. The van der Waals surface area contributed by atoms with E-state index in [4.69, 9.17) is 26.4 Å². The summed E-state index contributed by atoms with van der Waals surface area (Å²) in [6, 6.07) is 10.6. The molecule has 12 heteroatoms. The maximum atomic E-state index is 9.19. The van der Waals surface area contributed by atoms with E-state index >= 15 is 0 Å². The number of H-pyrrole nitrogens is 1. The van der Waals surface area contributed by atoms with E-state index < -0.39 is 10.1 Å². The van der Waals surface area contributed by atoms with Gasteiger partial charge in [0.05, 0.1) is 11.9 Å². The number of aromatic nitrogens is 4. The van der Waals surface area contributed by atoms with E-state index in [9.17, 15) is 8.42 Å². The molecule has 1 saturated heterocycles. The highest BCUT2D eigenvalue weighted by Gasteiger charge is 2.31. The summed E-state index contributed by atoms with van der Waals surface area (Å²) in [6.07, 6.45) is 8.98. The molecule has 2 fully saturated rings. The second-order valence-corrected chi connectivity index (χ2v) is 11.9. The van der Waals surface area contributed by atoms with Crippen molar-refractivity contribution in [2.24, 2.45) is 0 Å². The molecule has 220 valence electrons. The second-order valence-electron chi connectivity index (χ2n) is 9.99. The molecule has 1 saturated carbocycles. The Morgan fingerprint density at radius 1 is 1.02 bits per heavy atom. The number of hydrogen-bond donors (Lipinski definition) is 3. The number of hydrogen-bond acceptors (Lipinski definition) is 8. The summed E-state index contributed by atoms with van der Waals surface area (Å²) in [4.78, 5) is 14.0. The minimum atomic E-state index is -3.67. The van der Waals surface area contributed by atoms with Gasteiger partial charge < -0.3 is 10.0 Å².